The molecule has 0 unspecified atom stereocenters. The van der Waals surface area contributed by atoms with Crippen molar-refractivity contribution in [2.24, 2.45) is 0 Å². The second-order valence-corrected chi connectivity index (χ2v) is 7.14. The Balaban J connectivity index is 1.30. The number of rotatable bonds is 4. The lowest BCUT2D eigenvalue weighted by Gasteiger charge is -2.32. The maximum Gasteiger partial charge on any atom is 0.223 e. The molecule has 0 bridgehead atoms. The quantitative estimate of drug-likeness (QED) is 0.695. The van der Waals surface area contributed by atoms with Gasteiger partial charge < -0.3 is 9.42 Å². The number of hydrogen-bond donors (Lipinski definition) is 0. The number of nitrogens with zero attached hydrogens (tertiary/aromatic N) is 8. The Bertz CT molecular complexity index is 907. The highest BCUT2D eigenvalue weighted by atomic mass is 16.5. The Kier molecular flexibility index (Phi) is 3.81. The zero-order valence-electron chi connectivity index (χ0n) is 14.9. The van der Waals surface area contributed by atoms with E-state index in [0.717, 1.165) is 68.7 Å². The molecule has 3 aromatic rings. The summed E-state index contributed by atoms with van der Waals surface area (Å²) >= 11 is 0. The molecule has 9 nitrogen and oxygen atoms in total. The van der Waals surface area contributed by atoms with Crippen molar-refractivity contribution in [3.8, 4) is 0 Å². The van der Waals surface area contributed by atoms with Crippen LogP contribution >= 0.6 is 0 Å². The van der Waals surface area contributed by atoms with E-state index in [9.17, 15) is 0 Å². The molecule has 0 atom stereocenters. The van der Waals surface area contributed by atoms with Crippen LogP contribution in [0.4, 0.5) is 5.82 Å². The van der Waals surface area contributed by atoms with Gasteiger partial charge in [0, 0.05) is 25.9 Å². The summed E-state index contributed by atoms with van der Waals surface area (Å²) in [6.07, 6.45) is 3.31. The van der Waals surface area contributed by atoms with Crippen LogP contribution in [0.1, 0.15) is 42.7 Å². The van der Waals surface area contributed by atoms with Gasteiger partial charge in [0.25, 0.3) is 0 Å². The average Bonchev–Trinajstić information content (AvgIpc) is 3.20. The normalized spacial score (nSPS) is 19.2. The number of piperidine rings is 1. The monoisotopic (exact) mass is 354 g/mol. The van der Waals surface area contributed by atoms with Crippen LogP contribution in [0.5, 0.6) is 0 Å². The molecule has 2 saturated heterocycles. The molecule has 2 aliphatic heterocycles. The molecule has 0 spiro atoms. The van der Waals surface area contributed by atoms with Gasteiger partial charge >= 0.3 is 0 Å². The van der Waals surface area contributed by atoms with Gasteiger partial charge in [-0.25, -0.2) is 0 Å². The van der Waals surface area contributed by atoms with E-state index in [-0.39, 0.29) is 0 Å². The molecule has 136 valence electrons. The molecular weight excluding hydrogens is 332 g/mol. The van der Waals surface area contributed by atoms with Crippen LogP contribution in [0.3, 0.4) is 0 Å². The zero-order valence-corrected chi connectivity index (χ0v) is 14.9. The third-order valence-corrected chi connectivity index (χ3v) is 5.34. The second kappa shape index (κ2) is 6.31. The number of likely N-dealkylation sites (tertiary alicyclic amines) is 1. The molecule has 0 N–H and O–H groups in total. The van der Waals surface area contributed by atoms with Crippen LogP contribution in [0, 0.1) is 6.92 Å². The van der Waals surface area contributed by atoms with Crippen LogP contribution in [0.2, 0.25) is 0 Å². The Morgan fingerprint density at radius 2 is 1.96 bits per heavy atom. The third-order valence-electron chi connectivity index (χ3n) is 5.34. The average molecular weight is 354 g/mol. The van der Waals surface area contributed by atoms with Crippen LogP contribution < -0.4 is 4.90 Å². The lowest BCUT2D eigenvalue weighted by Crippen LogP contribution is -2.38. The summed E-state index contributed by atoms with van der Waals surface area (Å²) in [5.74, 6) is 3.77. The minimum Gasteiger partial charge on any atom is -0.355 e. The molecule has 9 heteroatoms. The highest BCUT2D eigenvalue weighted by Gasteiger charge is 2.26. The minimum absolute atomic E-state index is 0.382. The summed E-state index contributed by atoms with van der Waals surface area (Å²) in [7, 11) is 0. The van der Waals surface area contributed by atoms with Gasteiger partial charge in [-0.3, -0.25) is 4.90 Å². The first-order chi connectivity index (χ1) is 12.8. The predicted molar refractivity (Wildman–Crippen MR) is 93.9 cm³/mol. The molecule has 0 aliphatic carbocycles. The lowest BCUT2D eigenvalue weighted by molar-refractivity contribution is 0.194. The Hall–Kier alpha value is -2.55. The summed E-state index contributed by atoms with van der Waals surface area (Å²) in [6, 6.07) is 4.06. The maximum absolute atomic E-state index is 5.06. The first kappa shape index (κ1) is 15.7. The van der Waals surface area contributed by atoms with Crippen molar-refractivity contribution in [3.05, 3.63) is 29.7 Å². The van der Waals surface area contributed by atoms with Crippen molar-refractivity contribution >= 4 is 11.5 Å². The van der Waals surface area contributed by atoms with Gasteiger partial charge in [0.2, 0.25) is 5.89 Å². The van der Waals surface area contributed by atoms with E-state index >= 15 is 0 Å². The Morgan fingerprint density at radius 3 is 2.65 bits per heavy atom. The van der Waals surface area contributed by atoms with E-state index in [1.807, 2.05) is 23.6 Å². The van der Waals surface area contributed by atoms with Crippen molar-refractivity contribution in [2.75, 3.05) is 31.1 Å². The van der Waals surface area contributed by atoms with Gasteiger partial charge in [-0.15, -0.1) is 15.3 Å². The van der Waals surface area contributed by atoms with Gasteiger partial charge in [0.15, 0.2) is 17.3 Å². The fraction of sp³-hybridized carbons (Fsp3) is 0.588. The highest BCUT2D eigenvalue weighted by molar-refractivity contribution is 5.47. The molecule has 5 heterocycles. The van der Waals surface area contributed by atoms with E-state index < -0.39 is 0 Å². The summed E-state index contributed by atoms with van der Waals surface area (Å²) in [5.41, 5.74) is 0.828. The van der Waals surface area contributed by atoms with E-state index in [1.165, 1.54) is 6.42 Å². The molecule has 0 aromatic carbocycles. The molecule has 0 saturated carbocycles. The highest BCUT2D eigenvalue weighted by Crippen LogP contribution is 2.28. The fourth-order valence-electron chi connectivity index (χ4n) is 3.72. The molecule has 5 rings (SSSR count). The van der Waals surface area contributed by atoms with Crippen molar-refractivity contribution in [1.29, 1.82) is 0 Å². The molecular formula is C17H22N8O. The SMILES string of the molecule is Cc1nc(CN2CCC(c3nnc4ccc(N5CCC5)nn34)CC2)no1. The summed E-state index contributed by atoms with van der Waals surface area (Å²) in [5, 5.41) is 17.5. The van der Waals surface area contributed by atoms with Gasteiger partial charge in [-0.2, -0.15) is 9.50 Å². The summed E-state index contributed by atoms with van der Waals surface area (Å²) in [4.78, 5) is 8.95. The lowest BCUT2D eigenvalue weighted by atomic mass is 9.96. The molecule has 0 radical (unpaired) electrons. The van der Waals surface area contributed by atoms with Gasteiger partial charge in [0.05, 0.1) is 6.54 Å². The van der Waals surface area contributed by atoms with Crippen LogP contribution in [-0.2, 0) is 6.54 Å². The topological polar surface area (TPSA) is 88.5 Å². The van der Waals surface area contributed by atoms with Crippen LogP contribution in [-0.4, -0.2) is 61.0 Å². The molecule has 26 heavy (non-hydrogen) atoms. The molecule has 0 amide bonds. The van der Waals surface area contributed by atoms with E-state index in [2.05, 4.69) is 30.1 Å². The van der Waals surface area contributed by atoms with Crippen LogP contribution in [0.15, 0.2) is 16.7 Å². The first-order valence-electron chi connectivity index (χ1n) is 9.25. The Morgan fingerprint density at radius 1 is 1.12 bits per heavy atom. The fourth-order valence-corrected chi connectivity index (χ4v) is 3.72. The molecule has 3 aromatic heterocycles. The number of aryl methyl sites for hydroxylation is 1. The molecule has 2 fully saturated rings. The minimum atomic E-state index is 0.382. The van der Waals surface area contributed by atoms with Crippen molar-refractivity contribution < 1.29 is 4.52 Å². The van der Waals surface area contributed by atoms with E-state index in [0.29, 0.717) is 11.8 Å². The smallest absolute Gasteiger partial charge is 0.223 e. The summed E-state index contributed by atoms with van der Waals surface area (Å²) in [6.45, 7) is 6.70. The van der Waals surface area contributed by atoms with Crippen LogP contribution in [0.25, 0.3) is 5.65 Å². The summed E-state index contributed by atoms with van der Waals surface area (Å²) < 4.78 is 7.00. The maximum atomic E-state index is 5.06. The van der Waals surface area contributed by atoms with E-state index in [4.69, 9.17) is 9.62 Å². The number of anilines is 1. The number of aromatic nitrogens is 6. The predicted octanol–water partition coefficient (Wildman–Crippen LogP) is 1.41. The first-order valence-corrected chi connectivity index (χ1v) is 9.25. The number of hydrogen-bond acceptors (Lipinski definition) is 8. The third kappa shape index (κ3) is 2.82. The van der Waals surface area contributed by atoms with Gasteiger partial charge in [0.1, 0.15) is 5.82 Å². The van der Waals surface area contributed by atoms with Gasteiger partial charge in [-0.05, 0) is 44.5 Å². The standard InChI is InChI=1S/C17H22N8O/c1-12-18-14(22-26-12)11-23-9-5-13(6-10-23)17-20-19-15-3-4-16(21-25(15)17)24-7-2-8-24/h3-4,13H,2,5-11H2,1H3. The second-order valence-electron chi connectivity index (χ2n) is 7.14. The van der Waals surface area contributed by atoms with Gasteiger partial charge in [-0.1, -0.05) is 5.16 Å². The van der Waals surface area contributed by atoms with Crippen molar-refractivity contribution in [3.63, 3.8) is 0 Å². The zero-order chi connectivity index (χ0) is 17.5. The Labute approximate surface area is 151 Å². The largest absolute Gasteiger partial charge is 0.355 e. The van der Waals surface area contributed by atoms with E-state index in [1.54, 1.807) is 0 Å². The van der Waals surface area contributed by atoms with Crippen molar-refractivity contribution in [1.82, 2.24) is 34.9 Å². The molecule has 2 aliphatic rings. The van der Waals surface area contributed by atoms with Crippen molar-refractivity contribution in [2.45, 2.75) is 38.6 Å². The number of fused-ring (bicyclic) bond motifs is 1.